The Hall–Kier alpha value is -1.69. The molecule has 5 nitrogen and oxygen atoms in total. The molecule has 0 saturated carbocycles. The Morgan fingerprint density at radius 3 is 2.72 bits per heavy atom. The van der Waals surface area contributed by atoms with E-state index in [4.69, 9.17) is 11.6 Å². The lowest BCUT2D eigenvalue weighted by molar-refractivity contribution is 0.605. The lowest BCUT2D eigenvalue weighted by Crippen LogP contribution is -2.08. The van der Waals surface area contributed by atoms with Crippen LogP contribution in [0.15, 0.2) is 6.20 Å². The molecule has 2 heterocycles. The van der Waals surface area contributed by atoms with Crippen LogP contribution in [0, 0.1) is 12.7 Å². The minimum atomic E-state index is -0.444. The maximum absolute atomic E-state index is 13.7. The molecule has 2 rings (SSSR count). The molecule has 2 aromatic rings. The molecule has 1 N–H and O–H groups in total. The first-order valence-electron chi connectivity index (χ1n) is 5.50. The molecule has 0 saturated heterocycles. The van der Waals surface area contributed by atoms with Gasteiger partial charge in [0.1, 0.15) is 5.15 Å². The number of aryl methyl sites for hydroxylation is 1. The normalized spacial score (nSPS) is 10.7. The maximum atomic E-state index is 13.7. The van der Waals surface area contributed by atoms with Gasteiger partial charge < -0.3 is 9.88 Å². The summed E-state index contributed by atoms with van der Waals surface area (Å²) in [7, 11) is 1.75. The average Bonchev–Trinajstić information content (AvgIpc) is 2.66. The molecule has 0 aromatic carbocycles. The number of imidazole rings is 1. The van der Waals surface area contributed by atoms with Gasteiger partial charge in [-0.25, -0.2) is 19.3 Å². The summed E-state index contributed by atoms with van der Waals surface area (Å²) in [4.78, 5) is 12.3. The van der Waals surface area contributed by atoms with Crippen molar-refractivity contribution in [1.29, 1.82) is 0 Å². The lowest BCUT2D eigenvalue weighted by Gasteiger charge is -2.08. The molecule has 0 amide bonds. The SMILES string of the molecule is CCNc1nc(-c2ncc(Cl)n2C)nc(C)c1F. The van der Waals surface area contributed by atoms with Crippen LogP contribution in [-0.2, 0) is 7.05 Å². The summed E-state index contributed by atoms with van der Waals surface area (Å²) >= 11 is 5.91. The molecule has 0 radical (unpaired) electrons. The fourth-order valence-corrected chi connectivity index (χ4v) is 1.67. The summed E-state index contributed by atoms with van der Waals surface area (Å²) in [6.45, 7) is 4.04. The number of anilines is 1. The third kappa shape index (κ3) is 2.15. The van der Waals surface area contributed by atoms with Gasteiger partial charge in [-0.15, -0.1) is 0 Å². The monoisotopic (exact) mass is 269 g/mol. The van der Waals surface area contributed by atoms with Gasteiger partial charge in [-0.2, -0.15) is 0 Å². The maximum Gasteiger partial charge on any atom is 0.198 e. The van der Waals surface area contributed by atoms with Gasteiger partial charge in [-0.3, -0.25) is 0 Å². The van der Waals surface area contributed by atoms with E-state index < -0.39 is 5.82 Å². The van der Waals surface area contributed by atoms with Crippen molar-refractivity contribution < 1.29 is 4.39 Å². The zero-order valence-corrected chi connectivity index (χ0v) is 11.1. The first kappa shape index (κ1) is 12.8. The van der Waals surface area contributed by atoms with Gasteiger partial charge in [-0.05, 0) is 13.8 Å². The second-order valence-electron chi connectivity index (χ2n) is 3.79. The molecule has 0 aliphatic carbocycles. The van der Waals surface area contributed by atoms with E-state index >= 15 is 0 Å². The highest BCUT2D eigenvalue weighted by molar-refractivity contribution is 6.29. The second-order valence-corrected chi connectivity index (χ2v) is 4.18. The van der Waals surface area contributed by atoms with Crippen LogP contribution in [0.5, 0.6) is 0 Å². The topological polar surface area (TPSA) is 55.6 Å². The Morgan fingerprint density at radius 1 is 1.44 bits per heavy atom. The molecule has 0 bridgehead atoms. The zero-order valence-electron chi connectivity index (χ0n) is 10.3. The fraction of sp³-hybridized carbons (Fsp3) is 0.364. The first-order valence-corrected chi connectivity index (χ1v) is 5.88. The van der Waals surface area contributed by atoms with Crippen molar-refractivity contribution in [3.63, 3.8) is 0 Å². The molecule has 2 aromatic heterocycles. The van der Waals surface area contributed by atoms with Crippen molar-refractivity contribution in [2.75, 3.05) is 11.9 Å². The Balaban J connectivity index is 2.55. The number of nitrogens with one attached hydrogen (secondary N) is 1. The molecule has 0 aliphatic rings. The van der Waals surface area contributed by atoms with E-state index in [1.54, 1.807) is 18.5 Å². The van der Waals surface area contributed by atoms with Crippen LogP contribution in [0.3, 0.4) is 0 Å². The molecule has 0 aliphatic heterocycles. The minimum Gasteiger partial charge on any atom is -0.368 e. The van der Waals surface area contributed by atoms with E-state index in [9.17, 15) is 4.39 Å². The summed E-state index contributed by atoms with van der Waals surface area (Å²) in [6.07, 6.45) is 1.51. The summed E-state index contributed by atoms with van der Waals surface area (Å²) in [5.74, 6) is 0.585. The lowest BCUT2D eigenvalue weighted by atomic mass is 10.3. The standard InChI is InChI=1S/C11H13ClFN5/c1-4-14-9-8(13)6(2)16-10(17-9)11-15-5-7(12)18(11)3/h5H,4H2,1-3H3,(H,14,16,17). The van der Waals surface area contributed by atoms with Crippen LogP contribution in [0.1, 0.15) is 12.6 Å². The van der Waals surface area contributed by atoms with E-state index in [-0.39, 0.29) is 11.5 Å². The number of nitrogens with zero attached hydrogens (tertiary/aromatic N) is 4. The van der Waals surface area contributed by atoms with E-state index in [1.807, 2.05) is 6.92 Å². The van der Waals surface area contributed by atoms with Crippen molar-refractivity contribution in [2.24, 2.45) is 7.05 Å². The van der Waals surface area contributed by atoms with Crippen LogP contribution in [0.2, 0.25) is 5.15 Å². The molecule has 0 unspecified atom stereocenters. The van der Waals surface area contributed by atoms with Gasteiger partial charge in [0.05, 0.1) is 11.9 Å². The fourth-order valence-electron chi connectivity index (χ4n) is 1.54. The molecular formula is C11H13ClFN5. The predicted octanol–water partition coefficient (Wildman–Crippen LogP) is 2.41. The Labute approximate surface area is 109 Å². The molecule has 0 spiro atoms. The number of aromatic nitrogens is 4. The van der Waals surface area contributed by atoms with Crippen LogP contribution in [0.25, 0.3) is 11.6 Å². The summed E-state index contributed by atoms with van der Waals surface area (Å²) in [5.41, 5.74) is 0.273. The number of rotatable bonds is 3. The van der Waals surface area contributed by atoms with E-state index in [2.05, 4.69) is 20.3 Å². The van der Waals surface area contributed by atoms with Crippen molar-refractivity contribution in [3.05, 3.63) is 22.9 Å². The highest BCUT2D eigenvalue weighted by atomic mass is 35.5. The third-order valence-corrected chi connectivity index (χ3v) is 2.84. The van der Waals surface area contributed by atoms with Gasteiger partial charge in [0.2, 0.25) is 0 Å². The summed E-state index contributed by atoms with van der Waals surface area (Å²) < 4.78 is 15.4. The third-order valence-electron chi connectivity index (χ3n) is 2.49. The van der Waals surface area contributed by atoms with Gasteiger partial charge in [0.25, 0.3) is 0 Å². The molecule has 18 heavy (non-hydrogen) atoms. The Morgan fingerprint density at radius 2 is 2.17 bits per heavy atom. The molecule has 96 valence electrons. The van der Waals surface area contributed by atoms with Crippen LogP contribution in [0.4, 0.5) is 10.2 Å². The molecule has 7 heteroatoms. The number of halogens is 2. The number of hydrogen-bond donors (Lipinski definition) is 1. The van der Waals surface area contributed by atoms with E-state index in [1.165, 1.54) is 6.20 Å². The van der Waals surface area contributed by atoms with Crippen molar-refractivity contribution in [3.8, 4) is 11.6 Å². The van der Waals surface area contributed by atoms with E-state index in [0.29, 0.717) is 23.3 Å². The number of hydrogen-bond acceptors (Lipinski definition) is 4. The molecule has 0 fully saturated rings. The molecule has 0 atom stereocenters. The van der Waals surface area contributed by atoms with Gasteiger partial charge in [-0.1, -0.05) is 11.6 Å². The van der Waals surface area contributed by atoms with Crippen molar-refractivity contribution in [2.45, 2.75) is 13.8 Å². The van der Waals surface area contributed by atoms with Crippen molar-refractivity contribution in [1.82, 2.24) is 19.5 Å². The Kier molecular flexibility index (Phi) is 3.47. The van der Waals surface area contributed by atoms with Crippen molar-refractivity contribution >= 4 is 17.4 Å². The molecular weight excluding hydrogens is 257 g/mol. The highest BCUT2D eigenvalue weighted by Gasteiger charge is 2.15. The van der Waals surface area contributed by atoms with Crippen LogP contribution >= 0.6 is 11.6 Å². The summed E-state index contributed by atoms with van der Waals surface area (Å²) in [5, 5.41) is 3.33. The predicted molar refractivity (Wildman–Crippen MR) is 68.1 cm³/mol. The minimum absolute atomic E-state index is 0.180. The largest absolute Gasteiger partial charge is 0.368 e. The Bertz CT molecular complexity index is 581. The summed E-state index contributed by atoms with van der Waals surface area (Å²) in [6, 6.07) is 0. The quantitative estimate of drug-likeness (QED) is 0.930. The first-order chi connectivity index (χ1) is 8.54. The smallest absolute Gasteiger partial charge is 0.198 e. The van der Waals surface area contributed by atoms with Gasteiger partial charge >= 0.3 is 0 Å². The van der Waals surface area contributed by atoms with Gasteiger partial charge in [0, 0.05) is 13.6 Å². The van der Waals surface area contributed by atoms with Gasteiger partial charge in [0.15, 0.2) is 23.3 Å². The van der Waals surface area contributed by atoms with Crippen LogP contribution < -0.4 is 5.32 Å². The van der Waals surface area contributed by atoms with Crippen LogP contribution in [-0.4, -0.2) is 26.1 Å². The highest BCUT2D eigenvalue weighted by Crippen LogP contribution is 2.22. The zero-order chi connectivity index (χ0) is 13.3. The second kappa shape index (κ2) is 4.89. The van der Waals surface area contributed by atoms with E-state index in [0.717, 1.165) is 0 Å². The average molecular weight is 270 g/mol.